The Kier molecular flexibility index (Phi) is 1.25. The zero-order valence-corrected chi connectivity index (χ0v) is 6.97. The van der Waals surface area contributed by atoms with Crippen LogP contribution in [0.25, 0.3) is 0 Å². The van der Waals surface area contributed by atoms with Gasteiger partial charge in [-0.3, -0.25) is 4.79 Å². The molecule has 2 aliphatic carbocycles. The lowest BCUT2D eigenvalue weighted by Crippen LogP contribution is -2.19. The van der Waals surface area contributed by atoms with Gasteiger partial charge in [0.2, 0.25) is 0 Å². The Bertz CT molecular complexity index is 205. The highest BCUT2D eigenvalue weighted by molar-refractivity contribution is 5.88. The summed E-state index contributed by atoms with van der Waals surface area (Å²) >= 11 is 0. The molecule has 0 aromatic rings. The first-order valence-electron chi connectivity index (χ1n) is 4.29. The number of carbonyl (C=O) groups excluding carboxylic acids is 1. The number of Topliss-reactive ketones (excluding diaryl/α,β-unsaturated/α-hetero) is 1. The van der Waals surface area contributed by atoms with Crippen molar-refractivity contribution in [3.05, 3.63) is 13.8 Å². The van der Waals surface area contributed by atoms with Crippen molar-refractivity contribution in [2.45, 2.75) is 19.8 Å². The largest absolute Gasteiger partial charge is 0.299 e. The third-order valence-electron chi connectivity index (χ3n) is 3.35. The molecule has 0 bridgehead atoms. The zero-order chi connectivity index (χ0) is 8.22. The quantitative estimate of drug-likeness (QED) is 0.515. The summed E-state index contributed by atoms with van der Waals surface area (Å²) in [6.45, 7) is 9.98. The van der Waals surface area contributed by atoms with Gasteiger partial charge in [0, 0.05) is 11.8 Å². The fraction of sp³-hybridized carbons (Fsp3) is 0.700. The highest BCUT2D eigenvalue weighted by Crippen LogP contribution is 2.63. The Morgan fingerprint density at radius 1 is 1.45 bits per heavy atom. The Morgan fingerprint density at radius 3 is 2.64 bits per heavy atom. The number of ketones is 1. The first-order chi connectivity index (χ1) is 5.05. The topological polar surface area (TPSA) is 17.1 Å². The van der Waals surface area contributed by atoms with E-state index in [-0.39, 0.29) is 17.3 Å². The Labute approximate surface area is 68.2 Å². The van der Waals surface area contributed by atoms with E-state index in [2.05, 4.69) is 13.8 Å². The van der Waals surface area contributed by atoms with Gasteiger partial charge in [0.15, 0.2) is 0 Å². The molecule has 1 heteroatoms. The molecule has 0 N–H and O–H groups in total. The van der Waals surface area contributed by atoms with E-state index in [4.69, 9.17) is 0 Å². The standard InChI is InChI=1S/C10H14O/c1-6-4-5-7-8(9(6)11)10(7,2)3/h6-8H,2-5H2,1H3. The number of hydrogen-bond acceptors (Lipinski definition) is 1. The van der Waals surface area contributed by atoms with E-state index in [0.717, 1.165) is 12.8 Å². The van der Waals surface area contributed by atoms with Gasteiger partial charge >= 0.3 is 0 Å². The van der Waals surface area contributed by atoms with Crippen LogP contribution in [0.3, 0.4) is 0 Å². The van der Waals surface area contributed by atoms with Crippen LogP contribution in [-0.2, 0) is 4.79 Å². The first kappa shape index (κ1) is 7.33. The summed E-state index contributed by atoms with van der Waals surface area (Å²) in [6, 6.07) is 0. The summed E-state index contributed by atoms with van der Waals surface area (Å²) in [5.41, 5.74) is -0.151. The second-order valence-electron chi connectivity index (χ2n) is 4.20. The van der Waals surface area contributed by atoms with E-state index in [9.17, 15) is 4.79 Å². The van der Waals surface area contributed by atoms with Crippen LogP contribution in [0.5, 0.6) is 0 Å². The normalized spacial score (nSPS) is 46.8. The second kappa shape index (κ2) is 1.88. The molecule has 60 valence electrons. The van der Waals surface area contributed by atoms with Crippen LogP contribution in [0.4, 0.5) is 0 Å². The summed E-state index contributed by atoms with van der Waals surface area (Å²) in [7, 11) is 0. The van der Waals surface area contributed by atoms with Crippen LogP contribution in [0.2, 0.25) is 0 Å². The van der Waals surface area contributed by atoms with Gasteiger partial charge in [0.25, 0.3) is 0 Å². The number of rotatable bonds is 0. The van der Waals surface area contributed by atoms with Gasteiger partial charge in [-0.2, -0.15) is 0 Å². The minimum atomic E-state index is -0.151. The highest BCUT2D eigenvalue weighted by atomic mass is 16.1. The van der Waals surface area contributed by atoms with Gasteiger partial charge in [-0.25, -0.2) is 0 Å². The number of fused-ring (bicyclic) bond motifs is 1. The molecule has 0 aliphatic heterocycles. The van der Waals surface area contributed by atoms with Gasteiger partial charge in [-0.05, 0) is 38.0 Å². The third-order valence-corrected chi connectivity index (χ3v) is 3.35. The highest BCUT2D eigenvalue weighted by Gasteiger charge is 2.63. The van der Waals surface area contributed by atoms with Gasteiger partial charge in [-0.1, -0.05) is 6.92 Å². The van der Waals surface area contributed by atoms with Crippen LogP contribution < -0.4 is 0 Å². The molecule has 2 saturated carbocycles. The Morgan fingerprint density at radius 2 is 2.09 bits per heavy atom. The van der Waals surface area contributed by atoms with Crippen LogP contribution >= 0.6 is 0 Å². The van der Waals surface area contributed by atoms with Crippen molar-refractivity contribution in [1.82, 2.24) is 0 Å². The molecule has 3 unspecified atom stereocenters. The van der Waals surface area contributed by atoms with Gasteiger partial charge < -0.3 is 0 Å². The summed E-state index contributed by atoms with van der Waals surface area (Å²) in [5.74, 6) is 1.38. The van der Waals surface area contributed by atoms with Crippen molar-refractivity contribution in [1.29, 1.82) is 0 Å². The minimum Gasteiger partial charge on any atom is -0.299 e. The van der Waals surface area contributed by atoms with E-state index in [1.165, 1.54) is 0 Å². The maximum absolute atomic E-state index is 11.5. The van der Waals surface area contributed by atoms with Crippen molar-refractivity contribution in [3.63, 3.8) is 0 Å². The zero-order valence-electron chi connectivity index (χ0n) is 6.97. The van der Waals surface area contributed by atoms with Gasteiger partial charge in [0.05, 0.1) is 0 Å². The molecular formula is C10H14O. The smallest absolute Gasteiger partial charge is 0.139 e. The molecule has 2 fully saturated rings. The maximum Gasteiger partial charge on any atom is 0.139 e. The van der Waals surface area contributed by atoms with Crippen molar-refractivity contribution >= 4 is 5.78 Å². The fourth-order valence-electron chi connectivity index (χ4n) is 2.39. The van der Waals surface area contributed by atoms with Gasteiger partial charge in [0.1, 0.15) is 5.78 Å². The van der Waals surface area contributed by atoms with E-state index >= 15 is 0 Å². The maximum atomic E-state index is 11.5. The molecule has 11 heavy (non-hydrogen) atoms. The molecule has 0 spiro atoms. The summed E-state index contributed by atoms with van der Waals surface area (Å²) in [5, 5.41) is 0. The van der Waals surface area contributed by atoms with Gasteiger partial charge in [-0.15, -0.1) is 0 Å². The van der Waals surface area contributed by atoms with E-state index in [1.807, 2.05) is 6.92 Å². The minimum absolute atomic E-state index is 0.151. The molecule has 0 aromatic heterocycles. The van der Waals surface area contributed by atoms with Crippen molar-refractivity contribution < 1.29 is 4.79 Å². The van der Waals surface area contributed by atoms with E-state index in [0.29, 0.717) is 11.7 Å². The second-order valence-corrected chi connectivity index (χ2v) is 4.20. The summed E-state index contributed by atoms with van der Waals surface area (Å²) in [6.07, 6.45) is 2.21. The lowest BCUT2D eigenvalue weighted by molar-refractivity contribution is -0.125. The van der Waals surface area contributed by atoms with Crippen LogP contribution in [-0.4, -0.2) is 5.78 Å². The van der Waals surface area contributed by atoms with Crippen molar-refractivity contribution in [3.8, 4) is 0 Å². The summed E-state index contributed by atoms with van der Waals surface area (Å²) in [4.78, 5) is 11.5. The van der Waals surface area contributed by atoms with E-state index < -0.39 is 0 Å². The molecule has 2 radical (unpaired) electrons. The SMILES string of the molecule is [CH2]C1([CH2])C2CCC(C)C(=O)C21. The monoisotopic (exact) mass is 150 g/mol. The van der Waals surface area contributed by atoms with Crippen LogP contribution in [0.15, 0.2) is 0 Å². The number of hydrogen-bond donors (Lipinski definition) is 0. The van der Waals surface area contributed by atoms with Crippen LogP contribution in [0, 0.1) is 37.0 Å². The Hall–Kier alpha value is -0.330. The predicted octanol–water partition coefficient (Wildman–Crippen LogP) is 1.89. The van der Waals surface area contributed by atoms with E-state index in [1.54, 1.807) is 0 Å². The molecule has 0 aromatic carbocycles. The lowest BCUT2D eigenvalue weighted by atomic mass is 9.90. The predicted molar refractivity (Wildman–Crippen MR) is 43.5 cm³/mol. The summed E-state index contributed by atoms with van der Waals surface area (Å²) < 4.78 is 0. The molecule has 2 aliphatic rings. The molecule has 2 rings (SSSR count). The Balaban J connectivity index is 2.19. The third kappa shape index (κ3) is 0.800. The first-order valence-corrected chi connectivity index (χ1v) is 4.29. The molecular weight excluding hydrogens is 136 g/mol. The number of carbonyl (C=O) groups is 1. The molecule has 0 amide bonds. The average Bonchev–Trinajstić information content (AvgIpc) is 2.46. The van der Waals surface area contributed by atoms with Crippen LogP contribution in [0.1, 0.15) is 19.8 Å². The van der Waals surface area contributed by atoms with Crippen molar-refractivity contribution in [2.75, 3.05) is 0 Å². The molecule has 3 atom stereocenters. The lowest BCUT2D eigenvalue weighted by Gasteiger charge is -2.14. The van der Waals surface area contributed by atoms with Crippen molar-refractivity contribution in [2.24, 2.45) is 23.2 Å². The molecule has 0 saturated heterocycles. The molecule has 0 heterocycles. The average molecular weight is 150 g/mol. The fourth-order valence-corrected chi connectivity index (χ4v) is 2.39. The molecule has 1 nitrogen and oxygen atoms in total.